The number of amides is 1. The summed E-state index contributed by atoms with van der Waals surface area (Å²) in [6, 6.07) is 2.39. The molecule has 1 amide bonds. The molecular formula is C14H19F3N2O2. The highest BCUT2D eigenvalue weighted by atomic mass is 19.4. The number of phenols is 1. The third-order valence-corrected chi connectivity index (χ3v) is 3.12. The van der Waals surface area contributed by atoms with E-state index in [1.165, 1.54) is 0 Å². The number of nitrogens with one attached hydrogen (secondary N) is 1. The fourth-order valence-corrected chi connectivity index (χ4v) is 1.83. The van der Waals surface area contributed by atoms with E-state index in [1.54, 1.807) is 0 Å². The Labute approximate surface area is 121 Å². The molecule has 0 aliphatic carbocycles. The minimum absolute atomic E-state index is 0.164. The molecule has 118 valence electrons. The number of alkyl halides is 3. The zero-order valence-corrected chi connectivity index (χ0v) is 11.7. The molecule has 0 aliphatic rings. The first-order valence-corrected chi connectivity index (χ1v) is 6.64. The van der Waals surface area contributed by atoms with Gasteiger partial charge in [-0.15, -0.1) is 0 Å². The lowest BCUT2D eigenvalue weighted by atomic mass is 10.0. The molecule has 1 aromatic carbocycles. The summed E-state index contributed by atoms with van der Waals surface area (Å²) >= 11 is 0. The number of phenolic OH excluding ortho intramolecular Hbond substituents is 1. The lowest BCUT2D eigenvalue weighted by Crippen LogP contribution is -2.15. The van der Waals surface area contributed by atoms with E-state index in [4.69, 9.17) is 5.73 Å². The van der Waals surface area contributed by atoms with E-state index >= 15 is 0 Å². The highest BCUT2D eigenvalue weighted by Crippen LogP contribution is 2.34. The van der Waals surface area contributed by atoms with Crippen LogP contribution >= 0.6 is 0 Å². The normalized spacial score (nSPS) is 13.0. The molecule has 1 aromatic rings. The zero-order chi connectivity index (χ0) is 16.0. The summed E-state index contributed by atoms with van der Waals surface area (Å²) in [5.74, 6) is -0.573. The van der Waals surface area contributed by atoms with E-state index in [2.05, 4.69) is 5.32 Å². The van der Waals surface area contributed by atoms with E-state index in [0.29, 0.717) is 13.0 Å². The van der Waals surface area contributed by atoms with Crippen LogP contribution in [-0.2, 0) is 11.0 Å². The van der Waals surface area contributed by atoms with Crippen molar-refractivity contribution in [2.24, 2.45) is 11.7 Å². The maximum absolute atomic E-state index is 12.6. The van der Waals surface area contributed by atoms with Crippen molar-refractivity contribution in [3.8, 4) is 5.75 Å². The lowest BCUT2D eigenvalue weighted by Gasteiger charge is -2.13. The van der Waals surface area contributed by atoms with Crippen LogP contribution in [0.4, 0.5) is 18.9 Å². The molecule has 1 unspecified atom stereocenters. The average molecular weight is 304 g/mol. The molecule has 1 atom stereocenters. The first-order valence-electron chi connectivity index (χ1n) is 6.64. The van der Waals surface area contributed by atoms with Gasteiger partial charge >= 0.3 is 6.18 Å². The second-order valence-electron chi connectivity index (χ2n) is 5.00. The zero-order valence-electron chi connectivity index (χ0n) is 11.7. The van der Waals surface area contributed by atoms with E-state index < -0.39 is 23.4 Å². The van der Waals surface area contributed by atoms with Gasteiger partial charge in [-0.2, -0.15) is 13.2 Å². The van der Waals surface area contributed by atoms with Gasteiger partial charge in [0.25, 0.3) is 0 Å². The Morgan fingerprint density at radius 2 is 2.05 bits per heavy atom. The second-order valence-corrected chi connectivity index (χ2v) is 5.00. The van der Waals surface area contributed by atoms with Crippen LogP contribution in [0, 0.1) is 5.92 Å². The fourth-order valence-electron chi connectivity index (χ4n) is 1.83. The topological polar surface area (TPSA) is 75.4 Å². The van der Waals surface area contributed by atoms with E-state index in [-0.39, 0.29) is 18.0 Å². The summed E-state index contributed by atoms with van der Waals surface area (Å²) in [6.45, 7) is 2.47. The number of benzene rings is 1. The molecule has 0 spiro atoms. The third-order valence-electron chi connectivity index (χ3n) is 3.12. The van der Waals surface area contributed by atoms with Crippen molar-refractivity contribution < 1.29 is 23.1 Å². The molecule has 0 saturated carbocycles. The Hall–Kier alpha value is -1.76. The van der Waals surface area contributed by atoms with E-state index in [0.717, 1.165) is 24.6 Å². The summed E-state index contributed by atoms with van der Waals surface area (Å²) in [4.78, 5) is 11.7. The maximum atomic E-state index is 12.6. The molecule has 0 fully saturated rings. The van der Waals surface area contributed by atoms with Crippen LogP contribution in [0.3, 0.4) is 0 Å². The van der Waals surface area contributed by atoms with Crippen LogP contribution < -0.4 is 11.1 Å². The number of carbonyl (C=O) groups is 1. The Kier molecular flexibility index (Phi) is 6.02. The first-order chi connectivity index (χ1) is 9.74. The quantitative estimate of drug-likeness (QED) is 0.707. The Morgan fingerprint density at radius 1 is 1.38 bits per heavy atom. The van der Waals surface area contributed by atoms with Crippen LogP contribution in [0.25, 0.3) is 0 Å². The molecule has 0 saturated heterocycles. The standard InChI is InChI=1S/C14H19F3N2O2/c1-9(6-7-18)2-5-13(21)19-11-8-10(14(15,16)17)3-4-12(11)20/h3-4,8-9,20H,2,5-7,18H2,1H3,(H,19,21). The molecular weight excluding hydrogens is 285 g/mol. The largest absolute Gasteiger partial charge is 0.506 e. The molecule has 0 aromatic heterocycles. The van der Waals surface area contributed by atoms with Gasteiger partial charge in [-0.1, -0.05) is 6.92 Å². The van der Waals surface area contributed by atoms with Crippen molar-refractivity contribution in [3.63, 3.8) is 0 Å². The highest BCUT2D eigenvalue weighted by molar-refractivity contribution is 5.92. The minimum atomic E-state index is -4.52. The van der Waals surface area contributed by atoms with Gasteiger partial charge in [0.2, 0.25) is 5.91 Å². The van der Waals surface area contributed by atoms with Crippen LogP contribution in [0.2, 0.25) is 0 Å². The molecule has 21 heavy (non-hydrogen) atoms. The van der Waals surface area contributed by atoms with Crippen LogP contribution in [0.1, 0.15) is 31.7 Å². The Morgan fingerprint density at radius 3 is 2.62 bits per heavy atom. The van der Waals surface area contributed by atoms with Gasteiger partial charge in [0.15, 0.2) is 0 Å². The van der Waals surface area contributed by atoms with Crippen LogP contribution in [0.15, 0.2) is 18.2 Å². The van der Waals surface area contributed by atoms with Crippen molar-refractivity contribution in [1.82, 2.24) is 0 Å². The van der Waals surface area contributed by atoms with Crippen LogP contribution in [0.5, 0.6) is 5.75 Å². The number of carbonyl (C=O) groups excluding carboxylic acids is 1. The summed E-state index contributed by atoms with van der Waals surface area (Å²) in [5.41, 5.74) is 4.24. The van der Waals surface area contributed by atoms with E-state index in [1.807, 2.05) is 6.92 Å². The molecule has 1 rings (SSSR count). The number of anilines is 1. The van der Waals surface area contributed by atoms with Gasteiger partial charge in [0.1, 0.15) is 5.75 Å². The smallest absolute Gasteiger partial charge is 0.416 e. The third kappa shape index (κ3) is 5.63. The van der Waals surface area contributed by atoms with Crippen molar-refractivity contribution in [2.75, 3.05) is 11.9 Å². The molecule has 0 bridgehead atoms. The van der Waals surface area contributed by atoms with Gasteiger partial charge in [-0.25, -0.2) is 0 Å². The van der Waals surface area contributed by atoms with E-state index in [9.17, 15) is 23.1 Å². The Balaban J connectivity index is 2.67. The van der Waals surface area contributed by atoms with Gasteiger partial charge < -0.3 is 16.2 Å². The number of nitrogens with two attached hydrogens (primary N) is 1. The first kappa shape index (κ1) is 17.3. The van der Waals surface area contributed by atoms with Crippen molar-refractivity contribution in [1.29, 1.82) is 0 Å². The summed E-state index contributed by atoms with van der Waals surface area (Å²) < 4.78 is 37.7. The monoisotopic (exact) mass is 304 g/mol. The average Bonchev–Trinajstić information content (AvgIpc) is 2.38. The van der Waals surface area contributed by atoms with Gasteiger partial charge in [0, 0.05) is 6.42 Å². The summed E-state index contributed by atoms with van der Waals surface area (Å²) in [5, 5.41) is 11.8. The number of hydrogen-bond acceptors (Lipinski definition) is 3. The van der Waals surface area contributed by atoms with Crippen molar-refractivity contribution in [3.05, 3.63) is 23.8 Å². The molecule has 0 aliphatic heterocycles. The fraction of sp³-hybridized carbons (Fsp3) is 0.500. The molecule has 0 radical (unpaired) electrons. The number of rotatable bonds is 6. The van der Waals surface area contributed by atoms with Gasteiger partial charge in [-0.3, -0.25) is 4.79 Å². The summed E-state index contributed by atoms with van der Waals surface area (Å²) in [6.07, 6.45) is -3.00. The number of halogens is 3. The molecule has 4 N–H and O–H groups in total. The molecule has 4 nitrogen and oxygen atoms in total. The summed E-state index contributed by atoms with van der Waals surface area (Å²) in [7, 11) is 0. The minimum Gasteiger partial charge on any atom is -0.506 e. The lowest BCUT2D eigenvalue weighted by molar-refractivity contribution is -0.137. The number of aromatic hydroxyl groups is 1. The maximum Gasteiger partial charge on any atom is 0.416 e. The van der Waals surface area contributed by atoms with Crippen molar-refractivity contribution in [2.45, 2.75) is 32.4 Å². The number of hydrogen-bond donors (Lipinski definition) is 3. The predicted molar refractivity (Wildman–Crippen MR) is 73.8 cm³/mol. The molecule has 0 heterocycles. The highest BCUT2D eigenvalue weighted by Gasteiger charge is 2.31. The van der Waals surface area contributed by atoms with Crippen molar-refractivity contribution >= 4 is 11.6 Å². The molecule has 7 heteroatoms. The Bertz CT molecular complexity index is 490. The second kappa shape index (κ2) is 7.31. The predicted octanol–water partition coefficient (Wildman–Crippen LogP) is 3.11. The SMILES string of the molecule is CC(CCN)CCC(=O)Nc1cc(C(F)(F)F)ccc1O. The van der Waals surface area contributed by atoms with Gasteiger partial charge in [-0.05, 0) is 43.5 Å². The van der Waals surface area contributed by atoms with Gasteiger partial charge in [0.05, 0.1) is 11.3 Å². The van der Waals surface area contributed by atoms with Crippen LogP contribution in [-0.4, -0.2) is 17.6 Å².